The van der Waals surface area contributed by atoms with E-state index in [4.69, 9.17) is 4.42 Å². The van der Waals surface area contributed by atoms with Crippen LogP contribution in [0.2, 0.25) is 0 Å². The Kier molecular flexibility index (Phi) is 4.71. The highest BCUT2D eigenvalue weighted by Gasteiger charge is 2.06. The summed E-state index contributed by atoms with van der Waals surface area (Å²) in [6.07, 6.45) is 3.38. The van der Waals surface area contributed by atoms with Gasteiger partial charge >= 0.3 is 6.03 Å². The van der Waals surface area contributed by atoms with Crippen LogP contribution in [-0.4, -0.2) is 6.03 Å². The summed E-state index contributed by atoms with van der Waals surface area (Å²) in [5, 5.41) is 10.3. The Bertz CT molecular complexity index is 1020. The number of fused-ring (bicyclic) bond motifs is 1. The fourth-order valence-electron chi connectivity index (χ4n) is 2.91. The first kappa shape index (κ1) is 16.4. The second-order valence-corrected chi connectivity index (χ2v) is 6.98. The van der Waals surface area contributed by atoms with Gasteiger partial charge in [0.1, 0.15) is 0 Å². The molecule has 130 valence electrons. The van der Waals surface area contributed by atoms with Gasteiger partial charge in [-0.25, -0.2) is 4.79 Å². The molecule has 0 radical (unpaired) electrons. The maximum Gasteiger partial charge on any atom is 0.315 e. The molecule has 26 heavy (non-hydrogen) atoms. The van der Waals surface area contributed by atoms with Gasteiger partial charge < -0.3 is 15.1 Å². The van der Waals surface area contributed by atoms with Gasteiger partial charge in [-0.2, -0.15) is 0 Å². The average Bonchev–Trinajstić information content (AvgIpc) is 3.36. The van der Waals surface area contributed by atoms with E-state index in [0.717, 1.165) is 21.6 Å². The Hall–Kier alpha value is -3.05. The number of carbonyl (C=O) groups is 1. The van der Waals surface area contributed by atoms with Gasteiger partial charge in [0.05, 0.1) is 19.1 Å². The monoisotopic (exact) mass is 362 g/mol. The molecule has 5 heteroatoms. The molecule has 0 unspecified atom stereocenters. The van der Waals surface area contributed by atoms with Crippen molar-refractivity contribution in [1.82, 2.24) is 10.6 Å². The molecule has 4 aromatic rings. The Morgan fingerprint density at radius 3 is 2.69 bits per heavy atom. The van der Waals surface area contributed by atoms with Gasteiger partial charge in [-0.3, -0.25) is 0 Å². The number of furan rings is 1. The SMILES string of the molecule is O=C(NCc1cc(-c2ccoc2)cs1)NCc1cccc2ccccc12. The van der Waals surface area contributed by atoms with Crippen molar-refractivity contribution in [2.75, 3.05) is 0 Å². The van der Waals surface area contributed by atoms with E-state index in [1.165, 1.54) is 10.8 Å². The third-order valence-electron chi connectivity index (χ3n) is 4.25. The van der Waals surface area contributed by atoms with Gasteiger partial charge in [0.2, 0.25) is 0 Å². The quantitative estimate of drug-likeness (QED) is 0.515. The molecule has 0 aliphatic carbocycles. The van der Waals surface area contributed by atoms with Crippen molar-refractivity contribution in [2.45, 2.75) is 13.1 Å². The van der Waals surface area contributed by atoms with Crippen LogP contribution in [-0.2, 0) is 13.1 Å². The lowest BCUT2D eigenvalue weighted by molar-refractivity contribution is 0.240. The van der Waals surface area contributed by atoms with E-state index >= 15 is 0 Å². The molecular weight excluding hydrogens is 344 g/mol. The summed E-state index contributed by atoms with van der Waals surface area (Å²) in [5.74, 6) is 0. The highest BCUT2D eigenvalue weighted by molar-refractivity contribution is 7.10. The lowest BCUT2D eigenvalue weighted by atomic mass is 10.0. The maximum atomic E-state index is 12.1. The molecule has 2 amide bonds. The predicted octanol–water partition coefficient (Wildman–Crippen LogP) is 5.16. The van der Waals surface area contributed by atoms with Crippen molar-refractivity contribution in [2.24, 2.45) is 0 Å². The topological polar surface area (TPSA) is 54.3 Å². The number of hydrogen-bond donors (Lipinski definition) is 2. The van der Waals surface area contributed by atoms with E-state index in [1.54, 1.807) is 23.9 Å². The number of rotatable bonds is 5. The fourth-order valence-corrected chi connectivity index (χ4v) is 3.74. The molecule has 0 saturated heterocycles. The smallest absolute Gasteiger partial charge is 0.315 e. The van der Waals surface area contributed by atoms with Gasteiger partial charge in [0.25, 0.3) is 0 Å². The van der Waals surface area contributed by atoms with Crippen LogP contribution in [0, 0.1) is 0 Å². The molecule has 0 aliphatic heterocycles. The highest BCUT2D eigenvalue weighted by Crippen LogP contribution is 2.25. The van der Waals surface area contributed by atoms with Crippen molar-refractivity contribution in [3.63, 3.8) is 0 Å². The second kappa shape index (κ2) is 7.45. The van der Waals surface area contributed by atoms with Crippen LogP contribution < -0.4 is 10.6 Å². The number of urea groups is 1. The maximum absolute atomic E-state index is 12.1. The van der Waals surface area contributed by atoms with Gasteiger partial charge in [-0.05, 0) is 39.4 Å². The fraction of sp³-hybridized carbons (Fsp3) is 0.0952. The number of carbonyl (C=O) groups excluding carboxylic acids is 1. The summed E-state index contributed by atoms with van der Waals surface area (Å²) in [7, 11) is 0. The molecule has 2 heterocycles. The number of hydrogen-bond acceptors (Lipinski definition) is 3. The van der Waals surface area contributed by atoms with Gasteiger partial charge in [0, 0.05) is 17.0 Å². The van der Waals surface area contributed by atoms with E-state index in [2.05, 4.69) is 40.3 Å². The van der Waals surface area contributed by atoms with E-state index in [9.17, 15) is 4.79 Å². The van der Waals surface area contributed by atoms with Gasteiger partial charge in [0.15, 0.2) is 0 Å². The van der Waals surface area contributed by atoms with Crippen molar-refractivity contribution < 1.29 is 9.21 Å². The Balaban J connectivity index is 1.33. The Morgan fingerprint density at radius 2 is 1.81 bits per heavy atom. The molecule has 2 N–H and O–H groups in total. The summed E-state index contributed by atoms with van der Waals surface area (Å²) in [4.78, 5) is 13.2. The summed E-state index contributed by atoms with van der Waals surface area (Å²) in [5.41, 5.74) is 3.27. The van der Waals surface area contributed by atoms with Crippen molar-refractivity contribution in [3.05, 3.63) is 82.9 Å². The molecule has 2 aromatic heterocycles. The first-order valence-corrected chi connectivity index (χ1v) is 9.26. The lowest BCUT2D eigenvalue weighted by Gasteiger charge is -2.09. The van der Waals surface area contributed by atoms with E-state index in [-0.39, 0.29) is 6.03 Å². The average molecular weight is 362 g/mol. The number of thiophene rings is 1. The minimum absolute atomic E-state index is 0.170. The molecule has 0 saturated carbocycles. The van der Waals surface area contributed by atoms with Crippen LogP contribution >= 0.6 is 11.3 Å². The summed E-state index contributed by atoms with van der Waals surface area (Å²) >= 11 is 1.62. The van der Waals surface area contributed by atoms with E-state index in [1.807, 2.05) is 30.3 Å². The molecule has 0 fully saturated rings. The second-order valence-electron chi connectivity index (χ2n) is 5.99. The first-order chi connectivity index (χ1) is 12.8. The summed E-state index contributed by atoms with van der Waals surface area (Å²) < 4.78 is 5.11. The molecule has 0 spiro atoms. The van der Waals surface area contributed by atoms with Crippen LogP contribution in [0.4, 0.5) is 4.79 Å². The van der Waals surface area contributed by atoms with Gasteiger partial charge in [-0.15, -0.1) is 11.3 Å². The molecular formula is C21H18N2O2S. The van der Waals surface area contributed by atoms with Crippen molar-refractivity contribution >= 4 is 28.1 Å². The molecule has 0 bridgehead atoms. The largest absolute Gasteiger partial charge is 0.472 e. The summed E-state index contributed by atoms with van der Waals surface area (Å²) in [6.45, 7) is 1.00. The lowest BCUT2D eigenvalue weighted by Crippen LogP contribution is -2.34. The number of nitrogens with one attached hydrogen (secondary N) is 2. The normalized spacial score (nSPS) is 10.8. The molecule has 0 aliphatic rings. The molecule has 0 atom stereocenters. The minimum atomic E-state index is -0.170. The Labute approximate surface area is 155 Å². The molecule has 4 rings (SSSR count). The third kappa shape index (κ3) is 3.63. The predicted molar refractivity (Wildman–Crippen MR) is 105 cm³/mol. The van der Waals surface area contributed by atoms with Crippen LogP contribution in [0.1, 0.15) is 10.4 Å². The van der Waals surface area contributed by atoms with E-state index in [0.29, 0.717) is 13.1 Å². The molecule has 2 aromatic carbocycles. The third-order valence-corrected chi connectivity index (χ3v) is 5.19. The van der Waals surface area contributed by atoms with Crippen LogP contribution in [0.3, 0.4) is 0 Å². The standard InChI is InChI=1S/C21H18N2O2S/c24-21(22-11-16-6-3-5-15-4-1-2-7-20(15)16)23-12-19-10-18(14-26-19)17-8-9-25-13-17/h1-10,13-14H,11-12H2,(H2,22,23,24). The number of benzene rings is 2. The summed E-state index contributed by atoms with van der Waals surface area (Å²) in [6, 6.07) is 18.1. The first-order valence-electron chi connectivity index (χ1n) is 8.38. The zero-order chi connectivity index (χ0) is 17.8. The number of amides is 2. The highest BCUT2D eigenvalue weighted by atomic mass is 32.1. The van der Waals surface area contributed by atoms with Crippen molar-refractivity contribution in [3.8, 4) is 11.1 Å². The van der Waals surface area contributed by atoms with Gasteiger partial charge in [-0.1, -0.05) is 42.5 Å². The van der Waals surface area contributed by atoms with Crippen molar-refractivity contribution in [1.29, 1.82) is 0 Å². The molecule has 4 nitrogen and oxygen atoms in total. The van der Waals surface area contributed by atoms with E-state index < -0.39 is 0 Å². The van der Waals surface area contributed by atoms with Crippen LogP contribution in [0.5, 0.6) is 0 Å². The van der Waals surface area contributed by atoms with Crippen LogP contribution in [0.15, 0.2) is 76.9 Å². The zero-order valence-corrected chi connectivity index (χ0v) is 14.9. The van der Waals surface area contributed by atoms with Crippen LogP contribution in [0.25, 0.3) is 21.9 Å². The minimum Gasteiger partial charge on any atom is -0.472 e. The zero-order valence-electron chi connectivity index (χ0n) is 14.1. The Morgan fingerprint density at radius 1 is 0.962 bits per heavy atom.